The summed E-state index contributed by atoms with van der Waals surface area (Å²) in [6, 6.07) is 4.61. The molecule has 0 amide bonds. The quantitative estimate of drug-likeness (QED) is 0.261. The van der Waals surface area contributed by atoms with E-state index < -0.39 is 67.6 Å². The molecule has 5 nitrogen and oxygen atoms in total. The van der Waals surface area contributed by atoms with E-state index in [1.165, 1.54) is 0 Å². The van der Waals surface area contributed by atoms with Crippen LogP contribution in [0.5, 0.6) is 0 Å². The van der Waals surface area contributed by atoms with Gasteiger partial charge in [-0.15, -0.1) is 0 Å². The van der Waals surface area contributed by atoms with Crippen LogP contribution in [-0.2, 0) is 36.2 Å². The molecule has 0 spiro atoms. The highest BCUT2D eigenvalue weighted by atomic mass is 32.2. The van der Waals surface area contributed by atoms with Crippen LogP contribution in [0.25, 0.3) is 0 Å². The van der Waals surface area contributed by atoms with E-state index in [0.29, 0.717) is 6.07 Å². The number of rotatable bonds is 5. The molecule has 2 aliphatic carbocycles. The predicted octanol–water partition coefficient (Wildman–Crippen LogP) is 5.71. The summed E-state index contributed by atoms with van der Waals surface area (Å²) in [7, 11) is -4.53. The van der Waals surface area contributed by atoms with Gasteiger partial charge >= 0.3 is 24.0 Å². The number of pyridine rings is 1. The van der Waals surface area contributed by atoms with Crippen molar-refractivity contribution in [2.24, 2.45) is 11.8 Å². The topological polar surface area (TPSA) is 73.3 Å². The molecule has 0 radical (unpaired) electrons. The minimum absolute atomic E-state index is 0.00522. The lowest BCUT2D eigenvalue weighted by molar-refractivity contribution is -0.350. The Labute approximate surface area is 212 Å². The molecular weight excluding hydrogens is 550 g/mol. The number of hydrogen-bond acceptors (Lipinski definition) is 5. The SMILES string of the molecule is CCOC(=O)C1CCC2(S(=O)(=O)c3ccc(F)cc3)c3ccc(C(F)(C(F)(F)F)C(F)(F)F)nc3CCC12. The zero-order chi connectivity index (χ0) is 28.3. The first-order valence-electron chi connectivity index (χ1n) is 11.5. The van der Waals surface area contributed by atoms with Gasteiger partial charge < -0.3 is 4.74 Å². The van der Waals surface area contributed by atoms with E-state index in [1.54, 1.807) is 6.92 Å². The second kappa shape index (κ2) is 9.16. The Bertz CT molecular complexity index is 1330. The normalized spacial score (nSPS) is 24.0. The molecule has 1 aromatic heterocycles. The van der Waals surface area contributed by atoms with Crippen molar-refractivity contribution in [2.45, 2.75) is 60.3 Å². The lowest BCUT2D eigenvalue weighted by Crippen LogP contribution is -2.51. The molecular formula is C24H21F8NO4S. The molecule has 0 saturated heterocycles. The van der Waals surface area contributed by atoms with Gasteiger partial charge in [0.25, 0.3) is 0 Å². The highest BCUT2D eigenvalue weighted by Crippen LogP contribution is 2.60. The van der Waals surface area contributed by atoms with Gasteiger partial charge in [-0.1, -0.05) is 6.07 Å². The second-order valence-corrected chi connectivity index (χ2v) is 11.4. The monoisotopic (exact) mass is 571 g/mol. The van der Waals surface area contributed by atoms with Crippen LogP contribution >= 0.6 is 0 Å². The van der Waals surface area contributed by atoms with Crippen molar-refractivity contribution in [3.05, 3.63) is 59.2 Å². The van der Waals surface area contributed by atoms with Crippen molar-refractivity contribution in [2.75, 3.05) is 6.61 Å². The summed E-state index contributed by atoms with van der Waals surface area (Å²) in [5.74, 6) is -3.36. The zero-order valence-corrected chi connectivity index (χ0v) is 20.5. The number of aromatic nitrogens is 1. The van der Waals surface area contributed by atoms with E-state index in [9.17, 15) is 48.3 Å². The number of alkyl halides is 7. The van der Waals surface area contributed by atoms with Crippen molar-refractivity contribution >= 4 is 15.8 Å². The highest BCUT2D eigenvalue weighted by molar-refractivity contribution is 7.92. The zero-order valence-electron chi connectivity index (χ0n) is 19.7. The smallest absolute Gasteiger partial charge is 0.437 e. The lowest BCUT2D eigenvalue weighted by atomic mass is 9.75. The molecule has 208 valence electrons. The number of aryl methyl sites for hydroxylation is 1. The Morgan fingerprint density at radius 3 is 2.16 bits per heavy atom. The molecule has 14 heteroatoms. The maximum atomic E-state index is 14.7. The van der Waals surface area contributed by atoms with Gasteiger partial charge in [0.2, 0.25) is 0 Å². The van der Waals surface area contributed by atoms with Crippen LogP contribution in [0, 0.1) is 17.7 Å². The summed E-state index contributed by atoms with van der Waals surface area (Å²) >= 11 is 0. The third kappa shape index (κ3) is 3.97. The van der Waals surface area contributed by atoms with Gasteiger partial charge in [-0.3, -0.25) is 9.78 Å². The minimum Gasteiger partial charge on any atom is -0.466 e. The first kappa shape index (κ1) is 28.2. The van der Waals surface area contributed by atoms with Crippen molar-refractivity contribution in [3.8, 4) is 0 Å². The van der Waals surface area contributed by atoms with Crippen LogP contribution in [0.4, 0.5) is 35.1 Å². The van der Waals surface area contributed by atoms with Gasteiger partial charge in [0.05, 0.1) is 23.1 Å². The number of nitrogens with zero attached hydrogens (tertiary/aromatic N) is 1. The molecule has 2 aromatic rings. The van der Waals surface area contributed by atoms with Crippen molar-refractivity contribution in [3.63, 3.8) is 0 Å². The molecule has 0 bridgehead atoms. The van der Waals surface area contributed by atoms with Gasteiger partial charge in [-0.25, -0.2) is 17.2 Å². The van der Waals surface area contributed by atoms with E-state index in [4.69, 9.17) is 4.74 Å². The van der Waals surface area contributed by atoms with Gasteiger partial charge in [-0.05, 0) is 74.4 Å². The summed E-state index contributed by atoms with van der Waals surface area (Å²) in [5.41, 5.74) is -8.44. The minimum atomic E-state index is -6.40. The molecule has 1 heterocycles. The number of carbonyl (C=O) groups is 1. The molecule has 3 atom stereocenters. The first-order valence-corrected chi connectivity index (χ1v) is 13.0. The maximum Gasteiger partial charge on any atom is 0.437 e. The van der Waals surface area contributed by atoms with Crippen LogP contribution in [0.2, 0.25) is 0 Å². The summed E-state index contributed by atoms with van der Waals surface area (Å²) in [4.78, 5) is 15.7. The standard InChI is InChI=1S/C24H21F8NO4S/c1-2-37-20(34)15-11-12-21(38(35,36)14-5-3-13(25)4-6-14)16(15)7-9-18-17(21)8-10-19(33-18)22(26,23(27,28)29)24(30,31)32/h3-6,8,10,15-16H,2,7,9,11-12H2,1H3. The Morgan fingerprint density at radius 2 is 1.61 bits per heavy atom. The van der Waals surface area contributed by atoms with Crippen LogP contribution in [0.3, 0.4) is 0 Å². The summed E-state index contributed by atoms with van der Waals surface area (Å²) in [5, 5.41) is 0. The number of ether oxygens (including phenoxy) is 1. The molecule has 0 aliphatic heterocycles. The Balaban J connectivity index is 1.95. The average molecular weight is 571 g/mol. The number of hydrogen-bond donors (Lipinski definition) is 0. The number of esters is 1. The molecule has 1 fully saturated rings. The number of benzene rings is 1. The van der Waals surface area contributed by atoms with E-state index in [1.807, 2.05) is 0 Å². The third-order valence-corrected chi connectivity index (χ3v) is 9.94. The van der Waals surface area contributed by atoms with Crippen LogP contribution in [0.1, 0.15) is 43.1 Å². The number of halogens is 8. The fourth-order valence-corrected chi connectivity index (χ4v) is 8.15. The fraction of sp³-hybridized carbons (Fsp3) is 0.500. The van der Waals surface area contributed by atoms with Crippen LogP contribution in [-0.4, -0.2) is 38.3 Å². The summed E-state index contributed by atoms with van der Waals surface area (Å²) in [6.07, 6.45) is -13.5. The Kier molecular flexibility index (Phi) is 6.81. The number of carbonyl (C=O) groups excluding carboxylic acids is 1. The summed E-state index contributed by atoms with van der Waals surface area (Å²) in [6.45, 7) is 1.54. The Hall–Kier alpha value is -2.77. The van der Waals surface area contributed by atoms with E-state index in [0.717, 1.165) is 24.3 Å². The number of fused-ring (bicyclic) bond motifs is 3. The molecule has 0 N–H and O–H groups in total. The van der Waals surface area contributed by atoms with Gasteiger partial charge in [-0.2, -0.15) is 26.3 Å². The number of sulfone groups is 1. The molecule has 2 aliphatic rings. The van der Waals surface area contributed by atoms with Gasteiger partial charge in [0, 0.05) is 5.69 Å². The highest BCUT2D eigenvalue weighted by Gasteiger charge is 2.75. The van der Waals surface area contributed by atoms with Gasteiger partial charge in [0.1, 0.15) is 10.6 Å². The molecule has 4 rings (SSSR count). The Morgan fingerprint density at radius 1 is 1.00 bits per heavy atom. The van der Waals surface area contributed by atoms with Crippen LogP contribution < -0.4 is 0 Å². The fourth-order valence-electron chi connectivity index (χ4n) is 5.70. The largest absolute Gasteiger partial charge is 0.466 e. The third-order valence-electron chi connectivity index (χ3n) is 7.36. The molecule has 1 saturated carbocycles. The second-order valence-electron chi connectivity index (χ2n) is 9.23. The average Bonchev–Trinajstić information content (AvgIpc) is 3.24. The van der Waals surface area contributed by atoms with E-state index in [-0.39, 0.29) is 48.8 Å². The van der Waals surface area contributed by atoms with E-state index in [2.05, 4.69) is 4.98 Å². The van der Waals surface area contributed by atoms with Crippen molar-refractivity contribution < 1.29 is 53.1 Å². The van der Waals surface area contributed by atoms with Crippen molar-refractivity contribution in [1.29, 1.82) is 0 Å². The van der Waals surface area contributed by atoms with Gasteiger partial charge in [0.15, 0.2) is 9.84 Å². The molecule has 38 heavy (non-hydrogen) atoms. The van der Waals surface area contributed by atoms with E-state index >= 15 is 0 Å². The molecule has 1 aromatic carbocycles. The first-order chi connectivity index (χ1) is 17.5. The van der Waals surface area contributed by atoms with Crippen molar-refractivity contribution in [1.82, 2.24) is 4.98 Å². The lowest BCUT2D eigenvalue weighted by Gasteiger charge is -2.42. The van der Waals surface area contributed by atoms with Crippen LogP contribution in [0.15, 0.2) is 41.3 Å². The predicted molar refractivity (Wildman–Crippen MR) is 116 cm³/mol. The summed E-state index contributed by atoms with van der Waals surface area (Å²) < 4.78 is 140. The maximum absolute atomic E-state index is 14.7. The molecule has 3 unspecified atom stereocenters.